The second-order valence-corrected chi connectivity index (χ2v) is 1.71. The Balaban J connectivity index is 2.72. The van der Waals surface area contributed by atoms with Gasteiger partial charge in [0.15, 0.2) is 0 Å². The molecule has 0 bridgehead atoms. The molecule has 0 aromatic carbocycles. The van der Waals surface area contributed by atoms with Crippen LogP contribution in [-0.2, 0) is 6.42 Å². The van der Waals surface area contributed by atoms with Gasteiger partial charge in [-0.1, -0.05) is 11.2 Å². The molecule has 48 valence electrons. The second kappa shape index (κ2) is 2.35. The van der Waals surface area contributed by atoms with Crippen molar-refractivity contribution in [1.82, 2.24) is 5.16 Å². The summed E-state index contributed by atoms with van der Waals surface area (Å²) in [6.07, 6.45) is 2.46. The summed E-state index contributed by atoms with van der Waals surface area (Å²) in [6, 6.07) is 1.68. The number of allylic oxidation sites excluding steroid dienone is 1. The molecule has 0 fully saturated rings. The molecule has 1 aromatic heterocycles. The van der Waals surface area contributed by atoms with Gasteiger partial charge in [-0.15, -0.1) is 6.58 Å². The molecule has 0 spiro atoms. The normalized spacial score (nSPS) is 9.33. The first-order valence-electron chi connectivity index (χ1n) is 2.65. The Bertz CT molecular complexity index is 205. The zero-order valence-electron chi connectivity index (χ0n) is 5.00. The van der Waals surface area contributed by atoms with Crippen LogP contribution in [0.25, 0.3) is 0 Å². The summed E-state index contributed by atoms with van der Waals surface area (Å²) >= 11 is 0. The van der Waals surface area contributed by atoms with Gasteiger partial charge in [0.2, 0.25) is 5.88 Å². The topological polar surface area (TPSA) is 52.0 Å². The molecule has 1 aromatic rings. The molecule has 0 aliphatic heterocycles. The first-order valence-corrected chi connectivity index (χ1v) is 2.65. The molecule has 1 heterocycles. The molecule has 0 saturated carbocycles. The Hall–Kier alpha value is -1.25. The van der Waals surface area contributed by atoms with Crippen LogP contribution in [0.4, 0.5) is 5.88 Å². The summed E-state index contributed by atoms with van der Waals surface area (Å²) < 4.78 is 4.60. The number of hydrogen-bond donors (Lipinski definition) is 1. The van der Waals surface area contributed by atoms with E-state index in [-0.39, 0.29) is 0 Å². The maximum atomic E-state index is 5.25. The third-order valence-corrected chi connectivity index (χ3v) is 0.931. The third kappa shape index (κ3) is 1.32. The lowest BCUT2D eigenvalue weighted by Crippen LogP contribution is -1.77. The van der Waals surface area contributed by atoms with Gasteiger partial charge in [-0.05, 0) is 0 Å². The molecular formula is C6H8N2O. The predicted octanol–water partition coefficient (Wildman–Crippen LogP) is 0.985. The molecule has 0 atom stereocenters. The summed E-state index contributed by atoms with van der Waals surface area (Å²) in [7, 11) is 0. The molecule has 0 radical (unpaired) electrons. The third-order valence-electron chi connectivity index (χ3n) is 0.931. The molecule has 0 unspecified atom stereocenters. The van der Waals surface area contributed by atoms with Gasteiger partial charge < -0.3 is 10.3 Å². The maximum Gasteiger partial charge on any atom is 0.222 e. The Morgan fingerprint density at radius 1 is 1.89 bits per heavy atom. The van der Waals surface area contributed by atoms with E-state index >= 15 is 0 Å². The van der Waals surface area contributed by atoms with Gasteiger partial charge in [0.1, 0.15) is 0 Å². The minimum Gasteiger partial charge on any atom is -0.368 e. The lowest BCUT2D eigenvalue weighted by atomic mass is 10.3. The van der Waals surface area contributed by atoms with E-state index in [0.717, 1.165) is 5.69 Å². The monoisotopic (exact) mass is 124 g/mol. The molecule has 0 saturated heterocycles. The Labute approximate surface area is 53.1 Å². The lowest BCUT2D eigenvalue weighted by Gasteiger charge is -1.77. The van der Waals surface area contributed by atoms with E-state index in [1.807, 2.05) is 0 Å². The smallest absolute Gasteiger partial charge is 0.222 e. The van der Waals surface area contributed by atoms with Gasteiger partial charge >= 0.3 is 0 Å². The van der Waals surface area contributed by atoms with Gasteiger partial charge in [-0.3, -0.25) is 0 Å². The molecule has 1 rings (SSSR count). The van der Waals surface area contributed by atoms with Crippen molar-refractivity contribution in [2.24, 2.45) is 0 Å². The molecule has 0 amide bonds. The summed E-state index contributed by atoms with van der Waals surface area (Å²) in [5, 5.41) is 3.63. The Kier molecular flexibility index (Phi) is 1.53. The van der Waals surface area contributed by atoms with Gasteiger partial charge in [-0.25, -0.2) is 0 Å². The Morgan fingerprint density at radius 3 is 3.11 bits per heavy atom. The van der Waals surface area contributed by atoms with Gasteiger partial charge in [0, 0.05) is 12.5 Å². The van der Waals surface area contributed by atoms with Crippen molar-refractivity contribution in [2.75, 3.05) is 5.73 Å². The highest BCUT2D eigenvalue weighted by Crippen LogP contribution is 2.04. The van der Waals surface area contributed by atoms with Gasteiger partial charge in [-0.2, -0.15) is 0 Å². The van der Waals surface area contributed by atoms with E-state index in [2.05, 4.69) is 16.3 Å². The van der Waals surface area contributed by atoms with Crippen LogP contribution in [-0.4, -0.2) is 5.16 Å². The fraction of sp³-hybridized carbons (Fsp3) is 0.167. The Morgan fingerprint density at radius 2 is 2.67 bits per heavy atom. The highest BCUT2D eigenvalue weighted by Gasteiger charge is 1.95. The van der Waals surface area contributed by atoms with Crippen molar-refractivity contribution in [3.8, 4) is 0 Å². The van der Waals surface area contributed by atoms with Crippen LogP contribution in [0.5, 0.6) is 0 Å². The highest BCUT2D eigenvalue weighted by molar-refractivity contribution is 5.24. The van der Waals surface area contributed by atoms with Crippen LogP contribution >= 0.6 is 0 Å². The quantitative estimate of drug-likeness (QED) is 0.598. The number of nitrogens with two attached hydrogens (primary N) is 1. The van der Waals surface area contributed by atoms with E-state index in [4.69, 9.17) is 5.73 Å². The zero-order chi connectivity index (χ0) is 6.69. The first-order chi connectivity index (χ1) is 4.33. The van der Waals surface area contributed by atoms with Crippen LogP contribution in [0, 0.1) is 0 Å². The SMILES string of the molecule is C=CCc1cc(N)on1. The highest BCUT2D eigenvalue weighted by atomic mass is 16.5. The summed E-state index contributed by atoms with van der Waals surface area (Å²) in [5.74, 6) is 0.354. The molecule has 0 aliphatic carbocycles. The molecule has 3 heteroatoms. The second-order valence-electron chi connectivity index (χ2n) is 1.71. The lowest BCUT2D eigenvalue weighted by molar-refractivity contribution is 0.429. The first kappa shape index (κ1) is 5.88. The van der Waals surface area contributed by atoms with Crippen LogP contribution in [0.15, 0.2) is 23.2 Å². The van der Waals surface area contributed by atoms with Crippen molar-refractivity contribution in [1.29, 1.82) is 0 Å². The van der Waals surface area contributed by atoms with Crippen LogP contribution in [0.3, 0.4) is 0 Å². The average molecular weight is 124 g/mol. The predicted molar refractivity (Wildman–Crippen MR) is 34.8 cm³/mol. The number of nitrogen functional groups attached to an aromatic ring is 1. The minimum atomic E-state index is 0.354. The van der Waals surface area contributed by atoms with E-state index in [9.17, 15) is 0 Å². The average Bonchev–Trinajstić information content (AvgIpc) is 2.17. The molecule has 3 nitrogen and oxygen atoms in total. The van der Waals surface area contributed by atoms with Gasteiger partial charge in [0.05, 0.1) is 5.69 Å². The number of rotatable bonds is 2. The van der Waals surface area contributed by atoms with Crippen LogP contribution < -0.4 is 5.73 Å². The number of hydrogen-bond acceptors (Lipinski definition) is 3. The maximum absolute atomic E-state index is 5.25. The molecule has 2 N–H and O–H groups in total. The number of anilines is 1. The number of nitrogens with zero attached hydrogens (tertiary/aromatic N) is 1. The summed E-state index contributed by atoms with van der Waals surface area (Å²) in [4.78, 5) is 0. The van der Waals surface area contributed by atoms with Crippen molar-refractivity contribution in [3.05, 3.63) is 24.4 Å². The molecule has 9 heavy (non-hydrogen) atoms. The zero-order valence-corrected chi connectivity index (χ0v) is 5.00. The summed E-state index contributed by atoms with van der Waals surface area (Å²) in [6.45, 7) is 3.54. The fourth-order valence-corrected chi connectivity index (χ4v) is 0.572. The number of aromatic nitrogens is 1. The van der Waals surface area contributed by atoms with Crippen LogP contribution in [0.2, 0.25) is 0 Å². The molecule has 0 aliphatic rings. The van der Waals surface area contributed by atoms with E-state index in [1.165, 1.54) is 0 Å². The standard InChI is InChI=1S/C6H8N2O/c1-2-3-5-4-6(7)9-8-5/h2,4H,1,3,7H2. The van der Waals surface area contributed by atoms with Gasteiger partial charge in [0.25, 0.3) is 0 Å². The van der Waals surface area contributed by atoms with Crippen molar-refractivity contribution in [3.63, 3.8) is 0 Å². The largest absolute Gasteiger partial charge is 0.368 e. The molecular weight excluding hydrogens is 116 g/mol. The van der Waals surface area contributed by atoms with Crippen molar-refractivity contribution in [2.45, 2.75) is 6.42 Å². The van der Waals surface area contributed by atoms with E-state index in [0.29, 0.717) is 12.3 Å². The van der Waals surface area contributed by atoms with Crippen molar-refractivity contribution >= 4 is 5.88 Å². The summed E-state index contributed by atoms with van der Waals surface area (Å²) in [5.41, 5.74) is 6.07. The van der Waals surface area contributed by atoms with Crippen LogP contribution in [0.1, 0.15) is 5.69 Å². The fourth-order valence-electron chi connectivity index (χ4n) is 0.572. The van der Waals surface area contributed by atoms with E-state index < -0.39 is 0 Å². The van der Waals surface area contributed by atoms with Crippen molar-refractivity contribution < 1.29 is 4.52 Å². The van der Waals surface area contributed by atoms with E-state index in [1.54, 1.807) is 12.1 Å². The minimum absolute atomic E-state index is 0.354.